The molecule has 0 aliphatic rings. The topological polar surface area (TPSA) is 66.4 Å². The largest absolute Gasteiger partial charge is 0.480 e. The van der Waals surface area contributed by atoms with E-state index < -0.39 is 17.9 Å². The van der Waals surface area contributed by atoms with Crippen LogP contribution in [0.2, 0.25) is 5.02 Å². The zero-order valence-electron chi connectivity index (χ0n) is 10.2. The monoisotopic (exact) mass is 365 g/mol. The first-order chi connectivity index (χ1) is 8.95. The highest BCUT2D eigenvalue weighted by Crippen LogP contribution is 2.21. The summed E-state index contributed by atoms with van der Waals surface area (Å²) in [7, 11) is 0. The van der Waals surface area contributed by atoms with Crippen molar-refractivity contribution in [2.45, 2.75) is 12.5 Å². The van der Waals surface area contributed by atoms with E-state index in [-0.39, 0.29) is 10.6 Å². The van der Waals surface area contributed by atoms with Crippen molar-refractivity contribution in [2.24, 2.45) is 0 Å². The molecule has 1 aromatic rings. The van der Waals surface area contributed by atoms with Crippen LogP contribution in [0.1, 0.15) is 16.8 Å². The summed E-state index contributed by atoms with van der Waals surface area (Å²) < 4.78 is 0.707. The Kier molecular flexibility index (Phi) is 6.68. The van der Waals surface area contributed by atoms with Crippen molar-refractivity contribution < 1.29 is 14.7 Å². The molecule has 0 spiro atoms. The molecule has 0 unspecified atom stereocenters. The van der Waals surface area contributed by atoms with E-state index in [1.807, 2.05) is 6.26 Å². The van der Waals surface area contributed by atoms with E-state index in [9.17, 15) is 9.59 Å². The number of benzene rings is 1. The van der Waals surface area contributed by atoms with Gasteiger partial charge in [-0.2, -0.15) is 11.8 Å². The zero-order valence-corrected chi connectivity index (χ0v) is 13.3. The van der Waals surface area contributed by atoms with E-state index in [2.05, 4.69) is 21.2 Å². The molecule has 1 amide bonds. The minimum Gasteiger partial charge on any atom is -0.480 e. The standard InChI is InChI=1S/C12H13BrClNO3S/c1-19-5-4-10(12(17)18)15-11(16)8-6-7(13)2-3-9(8)14/h2-3,6,10H,4-5H2,1H3,(H,15,16)(H,17,18)/t10-/m1/s1. The summed E-state index contributed by atoms with van der Waals surface area (Å²) >= 11 is 10.7. The Morgan fingerprint density at radius 2 is 2.21 bits per heavy atom. The van der Waals surface area contributed by atoms with Crippen molar-refractivity contribution in [3.63, 3.8) is 0 Å². The van der Waals surface area contributed by atoms with E-state index in [4.69, 9.17) is 16.7 Å². The molecule has 0 saturated carbocycles. The molecule has 0 bridgehead atoms. The Hall–Kier alpha value is -0.720. The molecule has 0 saturated heterocycles. The number of nitrogens with one attached hydrogen (secondary N) is 1. The highest BCUT2D eigenvalue weighted by atomic mass is 79.9. The third kappa shape index (κ3) is 5.04. The zero-order chi connectivity index (χ0) is 14.4. The molecule has 0 fully saturated rings. The molecule has 0 aromatic heterocycles. The predicted octanol–water partition coefficient (Wildman–Crippen LogP) is 3.04. The SMILES string of the molecule is CSCC[C@@H](NC(=O)c1cc(Br)ccc1Cl)C(=O)O. The molecule has 0 radical (unpaired) electrons. The van der Waals surface area contributed by atoms with Gasteiger partial charge in [0.1, 0.15) is 6.04 Å². The number of rotatable bonds is 6. The number of amides is 1. The number of carbonyl (C=O) groups is 2. The lowest BCUT2D eigenvalue weighted by Gasteiger charge is -2.14. The van der Waals surface area contributed by atoms with Gasteiger partial charge in [-0.3, -0.25) is 4.79 Å². The van der Waals surface area contributed by atoms with Gasteiger partial charge in [0.25, 0.3) is 5.91 Å². The minimum absolute atomic E-state index is 0.256. The quantitative estimate of drug-likeness (QED) is 0.812. The maximum absolute atomic E-state index is 12.0. The molecule has 1 atom stereocenters. The molecular formula is C12H13BrClNO3S. The van der Waals surface area contributed by atoms with E-state index in [0.29, 0.717) is 16.6 Å². The first-order valence-electron chi connectivity index (χ1n) is 5.43. The van der Waals surface area contributed by atoms with Crippen LogP contribution in [-0.4, -0.2) is 35.0 Å². The second-order valence-electron chi connectivity index (χ2n) is 3.77. The normalized spacial score (nSPS) is 11.9. The molecule has 2 N–H and O–H groups in total. The summed E-state index contributed by atoms with van der Waals surface area (Å²) in [5.74, 6) is -0.878. The van der Waals surface area contributed by atoms with Crippen LogP contribution in [-0.2, 0) is 4.79 Å². The summed E-state index contributed by atoms with van der Waals surface area (Å²) in [6, 6.07) is 3.94. The Bertz CT molecular complexity index is 484. The second-order valence-corrected chi connectivity index (χ2v) is 6.08. The minimum atomic E-state index is -1.05. The third-order valence-electron chi connectivity index (χ3n) is 2.39. The van der Waals surface area contributed by atoms with Crippen LogP contribution in [0, 0.1) is 0 Å². The van der Waals surface area contributed by atoms with Crippen LogP contribution < -0.4 is 5.32 Å². The fourth-order valence-corrected chi connectivity index (χ4v) is 2.44. The number of carboxylic acids is 1. The maximum Gasteiger partial charge on any atom is 0.326 e. The number of aliphatic carboxylic acids is 1. The summed E-state index contributed by atoms with van der Waals surface area (Å²) in [4.78, 5) is 23.1. The smallest absolute Gasteiger partial charge is 0.326 e. The Labute approximate surface area is 129 Å². The molecule has 19 heavy (non-hydrogen) atoms. The highest BCUT2D eigenvalue weighted by Gasteiger charge is 2.21. The number of halogens is 2. The lowest BCUT2D eigenvalue weighted by molar-refractivity contribution is -0.139. The molecule has 104 valence electrons. The van der Waals surface area contributed by atoms with E-state index in [1.165, 1.54) is 11.8 Å². The van der Waals surface area contributed by atoms with Crippen LogP contribution in [0.5, 0.6) is 0 Å². The van der Waals surface area contributed by atoms with Crippen LogP contribution in [0.3, 0.4) is 0 Å². The fourth-order valence-electron chi connectivity index (χ4n) is 1.40. The summed E-state index contributed by atoms with van der Waals surface area (Å²) in [6.07, 6.45) is 2.25. The van der Waals surface area contributed by atoms with Crippen LogP contribution in [0.15, 0.2) is 22.7 Å². The van der Waals surface area contributed by atoms with Gasteiger partial charge < -0.3 is 10.4 Å². The third-order valence-corrected chi connectivity index (χ3v) is 3.85. The number of carbonyl (C=O) groups excluding carboxylic acids is 1. The molecule has 0 aliphatic heterocycles. The van der Waals surface area contributed by atoms with E-state index in [0.717, 1.165) is 0 Å². The van der Waals surface area contributed by atoms with Gasteiger partial charge in [0.2, 0.25) is 0 Å². The van der Waals surface area contributed by atoms with E-state index >= 15 is 0 Å². The first-order valence-corrected chi connectivity index (χ1v) is 8.00. The average molecular weight is 367 g/mol. The Morgan fingerprint density at radius 3 is 2.79 bits per heavy atom. The van der Waals surface area contributed by atoms with Crippen molar-refractivity contribution in [3.8, 4) is 0 Å². The van der Waals surface area contributed by atoms with Crippen molar-refractivity contribution in [3.05, 3.63) is 33.3 Å². The molecule has 7 heteroatoms. The van der Waals surface area contributed by atoms with Crippen LogP contribution >= 0.6 is 39.3 Å². The highest BCUT2D eigenvalue weighted by molar-refractivity contribution is 9.10. The van der Waals surface area contributed by atoms with Crippen LogP contribution in [0.4, 0.5) is 0 Å². The molecule has 4 nitrogen and oxygen atoms in total. The average Bonchev–Trinajstić information content (AvgIpc) is 2.36. The number of thioether (sulfide) groups is 1. The van der Waals surface area contributed by atoms with Crippen molar-refractivity contribution >= 4 is 51.2 Å². The van der Waals surface area contributed by atoms with Crippen molar-refractivity contribution in [2.75, 3.05) is 12.0 Å². The number of hydrogen-bond acceptors (Lipinski definition) is 3. The Morgan fingerprint density at radius 1 is 1.53 bits per heavy atom. The lowest BCUT2D eigenvalue weighted by atomic mass is 10.1. The predicted molar refractivity (Wildman–Crippen MR) is 81.0 cm³/mol. The molecular weight excluding hydrogens is 354 g/mol. The van der Waals surface area contributed by atoms with Gasteiger partial charge in [-0.25, -0.2) is 4.79 Å². The summed E-state index contributed by atoms with van der Waals surface area (Å²) in [5.41, 5.74) is 0.256. The van der Waals surface area contributed by atoms with Gasteiger partial charge in [0.15, 0.2) is 0 Å². The van der Waals surface area contributed by atoms with Gasteiger partial charge in [0.05, 0.1) is 10.6 Å². The molecule has 1 aromatic carbocycles. The van der Waals surface area contributed by atoms with Gasteiger partial charge in [-0.15, -0.1) is 0 Å². The summed E-state index contributed by atoms with van der Waals surface area (Å²) in [6.45, 7) is 0. The van der Waals surface area contributed by atoms with Gasteiger partial charge >= 0.3 is 5.97 Å². The Balaban J connectivity index is 2.81. The first kappa shape index (κ1) is 16.3. The maximum atomic E-state index is 12.0. The lowest BCUT2D eigenvalue weighted by Crippen LogP contribution is -2.41. The molecule has 0 aliphatic carbocycles. The van der Waals surface area contributed by atoms with Crippen molar-refractivity contribution in [1.82, 2.24) is 5.32 Å². The second kappa shape index (κ2) is 7.77. The van der Waals surface area contributed by atoms with Gasteiger partial charge in [0, 0.05) is 4.47 Å². The van der Waals surface area contributed by atoms with Crippen LogP contribution in [0.25, 0.3) is 0 Å². The number of carboxylic acid groups (broad SMARTS) is 1. The van der Waals surface area contributed by atoms with Gasteiger partial charge in [-0.05, 0) is 36.6 Å². The fraction of sp³-hybridized carbons (Fsp3) is 0.333. The number of hydrogen-bond donors (Lipinski definition) is 2. The molecule has 0 heterocycles. The van der Waals surface area contributed by atoms with E-state index in [1.54, 1.807) is 18.2 Å². The van der Waals surface area contributed by atoms with Gasteiger partial charge in [-0.1, -0.05) is 27.5 Å². The molecule has 1 rings (SSSR count). The summed E-state index contributed by atoms with van der Waals surface area (Å²) in [5, 5.41) is 11.8. The van der Waals surface area contributed by atoms with Crippen molar-refractivity contribution in [1.29, 1.82) is 0 Å².